The molecule has 4 rings (SSSR count). The maximum absolute atomic E-state index is 5.29. The van der Waals surface area contributed by atoms with Crippen LogP contribution in [0.25, 0.3) is 0 Å². The van der Waals surface area contributed by atoms with Crippen molar-refractivity contribution in [3.8, 4) is 11.5 Å². The van der Waals surface area contributed by atoms with Crippen molar-refractivity contribution in [1.82, 2.24) is 0 Å². The Morgan fingerprint density at radius 2 is 0.742 bits per heavy atom. The van der Waals surface area contributed by atoms with E-state index < -0.39 is 0 Å². The van der Waals surface area contributed by atoms with Crippen LogP contribution >= 0.6 is 0 Å². The molecule has 0 aliphatic rings. The zero-order valence-electron chi connectivity index (χ0n) is 18.2. The van der Waals surface area contributed by atoms with Gasteiger partial charge in [0, 0.05) is 0 Å². The van der Waals surface area contributed by atoms with Crippen LogP contribution in [0.5, 0.6) is 11.5 Å². The Morgan fingerprint density at radius 3 is 1.06 bits per heavy atom. The standard InChI is InChI=1S/C29H28O2/c1-30-28-15-11-22(12-16-28)19-24-7-3-5-9-26(24)21-27-10-6-4-8-25(27)20-23-13-17-29(31-2)18-14-23/h3-18H,19-21H2,1-2H3. The van der Waals surface area contributed by atoms with Gasteiger partial charge in [-0.1, -0.05) is 72.8 Å². The van der Waals surface area contributed by atoms with E-state index in [9.17, 15) is 0 Å². The lowest BCUT2D eigenvalue weighted by atomic mass is 9.91. The molecule has 0 heterocycles. The number of rotatable bonds is 8. The molecule has 0 aliphatic heterocycles. The minimum Gasteiger partial charge on any atom is -0.497 e. The third-order valence-corrected chi connectivity index (χ3v) is 5.72. The SMILES string of the molecule is COc1ccc(Cc2ccccc2Cc2ccccc2Cc2ccc(OC)cc2)cc1. The third-order valence-electron chi connectivity index (χ3n) is 5.72. The highest BCUT2D eigenvalue weighted by Gasteiger charge is 2.09. The van der Waals surface area contributed by atoms with Gasteiger partial charge in [0.15, 0.2) is 0 Å². The summed E-state index contributed by atoms with van der Waals surface area (Å²) in [5.41, 5.74) is 8.07. The molecule has 0 amide bonds. The van der Waals surface area contributed by atoms with Gasteiger partial charge in [0.2, 0.25) is 0 Å². The van der Waals surface area contributed by atoms with Crippen molar-refractivity contribution in [3.63, 3.8) is 0 Å². The Hall–Kier alpha value is -3.52. The van der Waals surface area contributed by atoms with E-state index in [-0.39, 0.29) is 0 Å². The molecule has 0 radical (unpaired) electrons. The lowest BCUT2D eigenvalue weighted by Gasteiger charge is -2.14. The van der Waals surface area contributed by atoms with E-state index >= 15 is 0 Å². The van der Waals surface area contributed by atoms with Crippen molar-refractivity contribution in [2.45, 2.75) is 19.3 Å². The van der Waals surface area contributed by atoms with Gasteiger partial charge in [0.05, 0.1) is 14.2 Å². The van der Waals surface area contributed by atoms with Gasteiger partial charge in [-0.3, -0.25) is 0 Å². The fourth-order valence-corrected chi connectivity index (χ4v) is 3.94. The first-order valence-corrected chi connectivity index (χ1v) is 10.6. The Kier molecular flexibility index (Phi) is 6.68. The smallest absolute Gasteiger partial charge is 0.118 e. The van der Waals surface area contributed by atoms with Gasteiger partial charge in [0.1, 0.15) is 11.5 Å². The van der Waals surface area contributed by atoms with Crippen LogP contribution in [0.3, 0.4) is 0 Å². The molecule has 0 spiro atoms. The van der Waals surface area contributed by atoms with E-state index in [1.54, 1.807) is 14.2 Å². The molecule has 0 bridgehead atoms. The average molecular weight is 409 g/mol. The highest BCUT2D eigenvalue weighted by atomic mass is 16.5. The van der Waals surface area contributed by atoms with Crippen LogP contribution < -0.4 is 9.47 Å². The van der Waals surface area contributed by atoms with Crippen LogP contribution in [-0.2, 0) is 19.3 Å². The fraction of sp³-hybridized carbons (Fsp3) is 0.172. The quantitative estimate of drug-likeness (QED) is 0.332. The van der Waals surface area contributed by atoms with Gasteiger partial charge in [0.25, 0.3) is 0 Å². The van der Waals surface area contributed by atoms with Gasteiger partial charge in [-0.25, -0.2) is 0 Å². The zero-order valence-corrected chi connectivity index (χ0v) is 18.2. The monoisotopic (exact) mass is 408 g/mol. The zero-order chi connectivity index (χ0) is 21.5. The van der Waals surface area contributed by atoms with Crippen LogP contribution in [0.4, 0.5) is 0 Å². The van der Waals surface area contributed by atoms with Crippen molar-refractivity contribution in [1.29, 1.82) is 0 Å². The minimum atomic E-state index is 0.893. The number of benzene rings is 4. The lowest BCUT2D eigenvalue weighted by molar-refractivity contribution is 0.414. The molecule has 2 nitrogen and oxygen atoms in total. The predicted octanol–water partition coefficient (Wildman–Crippen LogP) is 6.48. The first-order valence-electron chi connectivity index (χ1n) is 10.6. The Balaban J connectivity index is 1.55. The molecule has 31 heavy (non-hydrogen) atoms. The lowest BCUT2D eigenvalue weighted by Crippen LogP contribution is -2.01. The normalized spacial score (nSPS) is 10.6. The van der Waals surface area contributed by atoms with Crippen molar-refractivity contribution >= 4 is 0 Å². The summed E-state index contributed by atoms with van der Waals surface area (Å²) in [6.07, 6.45) is 2.76. The van der Waals surface area contributed by atoms with E-state index in [0.717, 1.165) is 30.8 Å². The van der Waals surface area contributed by atoms with Crippen LogP contribution in [0.1, 0.15) is 33.4 Å². The minimum absolute atomic E-state index is 0.893. The molecule has 0 unspecified atom stereocenters. The highest BCUT2D eigenvalue weighted by Crippen LogP contribution is 2.23. The number of ether oxygens (including phenoxy) is 2. The molecule has 0 atom stereocenters. The average Bonchev–Trinajstić information content (AvgIpc) is 2.82. The van der Waals surface area contributed by atoms with E-state index in [1.807, 2.05) is 24.3 Å². The summed E-state index contributed by atoms with van der Waals surface area (Å²) in [4.78, 5) is 0. The van der Waals surface area contributed by atoms with Crippen molar-refractivity contribution in [2.24, 2.45) is 0 Å². The van der Waals surface area contributed by atoms with Crippen LogP contribution in [0, 0.1) is 0 Å². The molecule has 0 aromatic heterocycles. The predicted molar refractivity (Wildman–Crippen MR) is 127 cm³/mol. The summed E-state index contributed by atoms with van der Waals surface area (Å²) in [6.45, 7) is 0. The second-order valence-corrected chi connectivity index (χ2v) is 7.76. The first kappa shape index (κ1) is 20.7. The maximum Gasteiger partial charge on any atom is 0.118 e. The maximum atomic E-state index is 5.29. The van der Waals surface area contributed by atoms with E-state index in [0.29, 0.717) is 0 Å². The highest BCUT2D eigenvalue weighted by molar-refractivity contribution is 5.41. The number of hydrogen-bond acceptors (Lipinski definition) is 2. The molecule has 0 N–H and O–H groups in total. The number of hydrogen-bond donors (Lipinski definition) is 0. The molecular weight excluding hydrogens is 380 g/mol. The van der Waals surface area contributed by atoms with Gasteiger partial charge >= 0.3 is 0 Å². The van der Waals surface area contributed by atoms with Crippen LogP contribution in [0.15, 0.2) is 97.1 Å². The molecule has 2 heteroatoms. The first-order chi connectivity index (χ1) is 15.2. The molecule has 4 aromatic carbocycles. The molecule has 0 saturated carbocycles. The summed E-state index contributed by atoms with van der Waals surface area (Å²) in [7, 11) is 3.40. The van der Waals surface area contributed by atoms with E-state index in [2.05, 4.69) is 72.8 Å². The molecule has 156 valence electrons. The van der Waals surface area contributed by atoms with Gasteiger partial charge in [-0.2, -0.15) is 0 Å². The van der Waals surface area contributed by atoms with E-state index in [4.69, 9.17) is 9.47 Å². The summed E-state index contributed by atoms with van der Waals surface area (Å²) in [5.74, 6) is 1.79. The molecule has 0 fully saturated rings. The third kappa shape index (κ3) is 5.35. The fourth-order valence-electron chi connectivity index (χ4n) is 3.94. The second-order valence-electron chi connectivity index (χ2n) is 7.76. The molecular formula is C29H28O2. The topological polar surface area (TPSA) is 18.5 Å². The second kappa shape index (κ2) is 9.99. The van der Waals surface area contributed by atoms with Crippen molar-refractivity contribution in [3.05, 3.63) is 130 Å². The largest absolute Gasteiger partial charge is 0.497 e. The molecule has 0 saturated heterocycles. The van der Waals surface area contributed by atoms with Crippen molar-refractivity contribution in [2.75, 3.05) is 14.2 Å². The molecule has 0 aliphatic carbocycles. The summed E-state index contributed by atoms with van der Waals surface area (Å²) < 4.78 is 10.6. The summed E-state index contributed by atoms with van der Waals surface area (Å²) in [5, 5.41) is 0. The summed E-state index contributed by atoms with van der Waals surface area (Å²) >= 11 is 0. The van der Waals surface area contributed by atoms with Crippen LogP contribution in [0.2, 0.25) is 0 Å². The Morgan fingerprint density at radius 1 is 0.419 bits per heavy atom. The Labute approximate surface area is 185 Å². The Bertz CT molecular complexity index is 1020. The van der Waals surface area contributed by atoms with Gasteiger partial charge < -0.3 is 9.47 Å². The number of methoxy groups -OCH3 is 2. The molecule has 4 aromatic rings. The van der Waals surface area contributed by atoms with E-state index in [1.165, 1.54) is 33.4 Å². The van der Waals surface area contributed by atoms with Gasteiger partial charge in [-0.15, -0.1) is 0 Å². The summed E-state index contributed by atoms with van der Waals surface area (Å²) in [6, 6.07) is 34.2. The van der Waals surface area contributed by atoms with Gasteiger partial charge in [-0.05, 0) is 76.9 Å². The van der Waals surface area contributed by atoms with Crippen LogP contribution in [-0.4, -0.2) is 14.2 Å². The van der Waals surface area contributed by atoms with Crippen molar-refractivity contribution < 1.29 is 9.47 Å².